The number of nitrogens with zero attached hydrogens (tertiary/aromatic N) is 1. The van der Waals surface area contributed by atoms with E-state index in [4.69, 9.17) is 11.6 Å². The van der Waals surface area contributed by atoms with Gasteiger partial charge in [-0.2, -0.15) is 4.37 Å². The first kappa shape index (κ1) is 13.7. The van der Waals surface area contributed by atoms with Crippen molar-refractivity contribution in [1.82, 2.24) is 9.10 Å². The van der Waals surface area contributed by atoms with Crippen LogP contribution in [0, 0.1) is 0 Å². The van der Waals surface area contributed by atoms with E-state index in [0.29, 0.717) is 15.2 Å². The van der Waals surface area contributed by atoms with Crippen LogP contribution < -0.4 is 4.72 Å². The SMILES string of the molecule is CC(C)(C)NS(=O)(=O)c1cccc2c(Cl)snc12. The molecule has 0 saturated carbocycles. The average molecular weight is 305 g/mol. The van der Waals surface area contributed by atoms with Crippen molar-refractivity contribution in [2.24, 2.45) is 0 Å². The maximum Gasteiger partial charge on any atom is 0.243 e. The molecule has 18 heavy (non-hydrogen) atoms. The molecule has 1 aromatic carbocycles. The lowest BCUT2D eigenvalue weighted by atomic mass is 10.1. The predicted octanol–water partition coefficient (Wildman–Crippen LogP) is 3.03. The molecule has 0 aliphatic carbocycles. The van der Waals surface area contributed by atoms with E-state index >= 15 is 0 Å². The normalized spacial score (nSPS) is 13.1. The number of sulfonamides is 1. The zero-order valence-electron chi connectivity index (χ0n) is 10.2. The molecular formula is C11H13ClN2O2S2. The minimum Gasteiger partial charge on any atom is -0.207 e. The van der Waals surface area contributed by atoms with Gasteiger partial charge in [0.15, 0.2) is 0 Å². The highest BCUT2D eigenvalue weighted by molar-refractivity contribution is 7.89. The van der Waals surface area contributed by atoms with Gasteiger partial charge in [-0.15, -0.1) is 0 Å². The lowest BCUT2D eigenvalue weighted by Gasteiger charge is -2.20. The molecule has 0 bridgehead atoms. The second-order valence-corrected chi connectivity index (χ2v) is 7.99. The molecule has 0 saturated heterocycles. The second-order valence-electron chi connectivity index (χ2n) is 4.96. The quantitative estimate of drug-likeness (QED) is 0.927. The lowest BCUT2D eigenvalue weighted by Crippen LogP contribution is -2.40. The van der Waals surface area contributed by atoms with Gasteiger partial charge in [0.25, 0.3) is 0 Å². The van der Waals surface area contributed by atoms with Gasteiger partial charge in [0.05, 0.1) is 0 Å². The van der Waals surface area contributed by atoms with Gasteiger partial charge in [0, 0.05) is 10.9 Å². The molecular weight excluding hydrogens is 292 g/mol. The lowest BCUT2D eigenvalue weighted by molar-refractivity contribution is 0.492. The highest BCUT2D eigenvalue weighted by Gasteiger charge is 2.25. The van der Waals surface area contributed by atoms with Gasteiger partial charge < -0.3 is 0 Å². The number of hydrogen-bond acceptors (Lipinski definition) is 4. The zero-order chi connectivity index (χ0) is 13.6. The first-order valence-electron chi connectivity index (χ1n) is 5.28. The van der Waals surface area contributed by atoms with Gasteiger partial charge in [0.1, 0.15) is 14.7 Å². The summed E-state index contributed by atoms with van der Waals surface area (Å²) in [6.45, 7) is 5.37. The Morgan fingerprint density at radius 3 is 2.61 bits per heavy atom. The predicted molar refractivity (Wildman–Crippen MR) is 74.7 cm³/mol. The van der Waals surface area contributed by atoms with Crippen molar-refractivity contribution in [2.45, 2.75) is 31.2 Å². The fraction of sp³-hybridized carbons (Fsp3) is 0.364. The van der Waals surface area contributed by atoms with Gasteiger partial charge >= 0.3 is 0 Å². The van der Waals surface area contributed by atoms with Crippen LogP contribution in [0.2, 0.25) is 4.34 Å². The summed E-state index contributed by atoms with van der Waals surface area (Å²) >= 11 is 7.06. The zero-order valence-corrected chi connectivity index (χ0v) is 12.6. The summed E-state index contributed by atoms with van der Waals surface area (Å²) in [6, 6.07) is 4.96. The Bertz CT molecular complexity index is 687. The third-order valence-corrected chi connectivity index (χ3v) is 5.01. The van der Waals surface area contributed by atoms with E-state index in [0.717, 1.165) is 11.5 Å². The van der Waals surface area contributed by atoms with Crippen molar-refractivity contribution in [1.29, 1.82) is 0 Å². The van der Waals surface area contributed by atoms with Crippen LogP contribution in [0.5, 0.6) is 0 Å². The number of benzene rings is 1. The molecule has 0 spiro atoms. The molecule has 98 valence electrons. The number of aromatic nitrogens is 1. The van der Waals surface area contributed by atoms with Crippen LogP contribution in [-0.4, -0.2) is 18.3 Å². The van der Waals surface area contributed by atoms with Gasteiger partial charge in [-0.3, -0.25) is 0 Å². The van der Waals surface area contributed by atoms with Crippen LogP contribution in [0.1, 0.15) is 20.8 Å². The molecule has 2 aromatic rings. The summed E-state index contributed by atoms with van der Waals surface area (Å²) in [4.78, 5) is 0.165. The molecule has 0 amide bonds. The standard InChI is InChI=1S/C11H13ClN2O2S2/c1-11(2,3)14-18(15,16)8-6-4-5-7-9(8)13-17-10(7)12/h4-6,14H,1-3H3. The summed E-state index contributed by atoms with van der Waals surface area (Å²) in [5.74, 6) is 0. The first-order valence-corrected chi connectivity index (χ1v) is 7.92. The summed E-state index contributed by atoms with van der Waals surface area (Å²) in [7, 11) is -3.60. The number of rotatable bonds is 2. The number of halogens is 1. The Morgan fingerprint density at radius 1 is 1.33 bits per heavy atom. The molecule has 1 heterocycles. The fourth-order valence-corrected chi connectivity index (χ4v) is 4.11. The van der Waals surface area contributed by atoms with Crippen molar-refractivity contribution in [2.75, 3.05) is 0 Å². The molecule has 1 aromatic heterocycles. The monoisotopic (exact) mass is 304 g/mol. The van der Waals surface area contributed by atoms with Crippen molar-refractivity contribution >= 4 is 44.1 Å². The minimum absolute atomic E-state index is 0.165. The van der Waals surface area contributed by atoms with Gasteiger partial charge in [0.2, 0.25) is 10.0 Å². The van der Waals surface area contributed by atoms with Crippen molar-refractivity contribution in [3.05, 3.63) is 22.5 Å². The Hall–Kier alpha value is -0.690. The summed E-state index contributed by atoms with van der Waals surface area (Å²) < 4.78 is 31.8. The second kappa shape index (κ2) is 4.45. The number of fused-ring (bicyclic) bond motifs is 1. The van der Waals surface area contributed by atoms with Gasteiger partial charge in [-0.1, -0.05) is 23.7 Å². The number of hydrogen-bond donors (Lipinski definition) is 1. The maximum absolute atomic E-state index is 12.3. The molecule has 0 radical (unpaired) electrons. The van der Waals surface area contributed by atoms with E-state index < -0.39 is 15.6 Å². The van der Waals surface area contributed by atoms with Crippen molar-refractivity contribution in [3.63, 3.8) is 0 Å². The Balaban J connectivity index is 2.61. The molecule has 4 nitrogen and oxygen atoms in total. The molecule has 0 atom stereocenters. The molecule has 0 unspecified atom stereocenters. The third kappa shape index (κ3) is 2.66. The summed E-state index contributed by atoms with van der Waals surface area (Å²) in [6.07, 6.45) is 0. The summed E-state index contributed by atoms with van der Waals surface area (Å²) in [5.41, 5.74) is -0.120. The maximum atomic E-state index is 12.3. The van der Waals surface area contributed by atoms with Crippen LogP contribution >= 0.6 is 23.1 Å². The highest BCUT2D eigenvalue weighted by Crippen LogP contribution is 2.31. The van der Waals surface area contributed by atoms with Crippen LogP contribution in [0.15, 0.2) is 23.1 Å². The Morgan fingerprint density at radius 2 is 2.00 bits per heavy atom. The van der Waals surface area contributed by atoms with Crippen molar-refractivity contribution in [3.8, 4) is 0 Å². The molecule has 0 aliphatic heterocycles. The first-order chi connectivity index (χ1) is 8.21. The fourth-order valence-electron chi connectivity index (χ4n) is 1.58. The van der Waals surface area contributed by atoms with Crippen LogP contribution in [0.4, 0.5) is 0 Å². The largest absolute Gasteiger partial charge is 0.243 e. The van der Waals surface area contributed by atoms with Crippen molar-refractivity contribution < 1.29 is 8.42 Å². The number of nitrogens with one attached hydrogen (secondary N) is 1. The molecule has 1 N–H and O–H groups in total. The molecule has 0 fully saturated rings. The van der Waals surface area contributed by atoms with Crippen LogP contribution in [0.3, 0.4) is 0 Å². The average Bonchev–Trinajstić information content (AvgIpc) is 2.57. The molecule has 7 heteroatoms. The van der Waals surface area contributed by atoms with Crippen LogP contribution in [-0.2, 0) is 10.0 Å². The third-order valence-electron chi connectivity index (χ3n) is 2.16. The van der Waals surface area contributed by atoms with E-state index in [9.17, 15) is 8.42 Å². The summed E-state index contributed by atoms with van der Waals surface area (Å²) in [5, 5.41) is 0.665. The van der Waals surface area contributed by atoms with Crippen LogP contribution in [0.25, 0.3) is 10.9 Å². The topological polar surface area (TPSA) is 59.1 Å². The Kier molecular flexibility index (Phi) is 3.40. The van der Waals surface area contributed by atoms with E-state index in [-0.39, 0.29) is 4.90 Å². The molecule has 2 rings (SSSR count). The minimum atomic E-state index is -3.60. The smallest absolute Gasteiger partial charge is 0.207 e. The van der Waals surface area contributed by atoms with Gasteiger partial charge in [-0.25, -0.2) is 13.1 Å². The van der Waals surface area contributed by atoms with E-state index in [1.807, 2.05) is 0 Å². The van der Waals surface area contributed by atoms with E-state index in [1.54, 1.807) is 32.9 Å². The Labute approximate surface area is 115 Å². The highest BCUT2D eigenvalue weighted by atomic mass is 35.5. The molecule has 0 aliphatic rings. The van der Waals surface area contributed by atoms with Gasteiger partial charge in [-0.05, 0) is 38.4 Å². The van der Waals surface area contributed by atoms with E-state index in [1.165, 1.54) is 6.07 Å². The van der Waals surface area contributed by atoms with E-state index in [2.05, 4.69) is 9.10 Å².